The van der Waals surface area contributed by atoms with Crippen molar-refractivity contribution in [1.82, 2.24) is 15.1 Å². The van der Waals surface area contributed by atoms with Gasteiger partial charge in [-0.2, -0.15) is 5.10 Å². The smallest absolute Gasteiger partial charge is 0.240 e. The summed E-state index contributed by atoms with van der Waals surface area (Å²) in [5.41, 5.74) is 3.89. The van der Waals surface area contributed by atoms with Gasteiger partial charge < -0.3 is 19.5 Å². The van der Waals surface area contributed by atoms with Crippen molar-refractivity contribution >= 4 is 41.0 Å². The highest BCUT2D eigenvalue weighted by molar-refractivity contribution is 8.00. The number of rotatable bonds is 10. The van der Waals surface area contributed by atoms with E-state index in [9.17, 15) is 9.59 Å². The molecule has 9 nitrogen and oxygen atoms in total. The molecule has 0 unspecified atom stereocenters. The number of nitrogens with one attached hydrogen (secondary N) is 1. The van der Waals surface area contributed by atoms with E-state index in [2.05, 4.69) is 5.32 Å². The fourth-order valence-corrected chi connectivity index (χ4v) is 6.35. The Kier molecular flexibility index (Phi) is 9.71. The Balaban J connectivity index is 1.78. The van der Waals surface area contributed by atoms with E-state index in [0.29, 0.717) is 46.0 Å². The molecule has 1 N–H and O–H groups in total. The molecule has 0 bridgehead atoms. The Hall–Kier alpha value is -4.15. The zero-order valence-electron chi connectivity index (χ0n) is 25.3. The third kappa shape index (κ3) is 6.51. The number of aromatic nitrogens is 2. The van der Waals surface area contributed by atoms with Gasteiger partial charge in [0.2, 0.25) is 11.8 Å². The summed E-state index contributed by atoms with van der Waals surface area (Å²) in [5, 5.41) is 8.33. The SMILES string of the molecule is COc1ccc(-n2nc(-c3ccc(Cl)cc3)c3c2N(CC(=O)NCC(C)C)C(=O)CS[C@H]3c2ccc(OC)c(OC)c2)cc1. The molecule has 4 aromatic rings. The Morgan fingerprint density at radius 1 is 1.00 bits per heavy atom. The zero-order valence-corrected chi connectivity index (χ0v) is 26.9. The number of amides is 2. The second kappa shape index (κ2) is 13.7. The van der Waals surface area contributed by atoms with Crippen LogP contribution in [-0.4, -0.2) is 61.8 Å². The first-order chi connectivity index (χ1) is 21.2. The molecule has 44 heavy (non-hydrogen) atoms. The summed E-state index contributed by atoms with van der Waals surface area (Å²) < 4.78 is 18.3. The van der Waals surface area contributed by atoms with E-state index in [0.717, 1.165) is 16.7 Å². The molecule has 2 heterocycles. The van der Waals surface area contributed by atoms with E-state index in [-0.39, 0.29) is 35.3 Å². The van der Waals surface area contributed by atoms with Crippen molar-refractivity contribution in [1.29, 1.82) is 0 Å². The molecule has 1 aliphatic heterocycles. The topological polar surface area (TPSA) is 94.9 Å². The maximum absolute atomic E-state index is 13.9. The minimum Gasteiger partial charge on any atom is -0.497 e. The molecule has 0 radical (unpaired) electrons. The summed E-state index contributed by atoms with van der Waals surface area (Å²) >= 11 is 7.75. The lowest BCUT2D eigenvalue weighted by molar-refractivity contribution is -0.123. The third-order valence-corrected chi connectivity index (χ3v) is 8.75. The molecule has 0 spiro atoms. The summed E-state index contributed by atoms with van der Waals surface area (Å²) in [6, 6.07) is 20.6. The summed E-state index contributed by atoms with van der Waals surface area (Å²) in [4.78, 5) is 28.7. The van der Waals surface area contributed by atoms with Crippen molar-refractivity contribution < 1.29 is 23.8 Å². The highest BCUT2D eigenvalue weighted by Crippen LogP contribution is 2.49. The number of thioether (sulfide) groups is 1. The first-order valence-corrected chi connectivity index (χ1v) is 15.6. The number of benzene rings is 3. The van der Waals surface area contributed by atoms with Gasteiger partial charge in [0, 0.05) is 22.7 Å². The predicted molar refractivity (Wildman–Crippen MR) is 175 cm³/mol. The number of carbonyl (C=O) groups is 2. The number of nitrogens with zero attached hydrogens (tertiary/aromatic N) is 3. The lowest BCUT2D eigenvalue weighted by Gasteiger charge is -2.23. The van der Waals surface area contributed by atoms with Crippen molar-refractivity contribution in [2.75, 3.05) is 45.1 Å². The van der Waals surface area contributed by atoms with Crippen molar-refractivity contribution in [3.8, 4) is 34.2 Å². The molecule has 1 aliphatic rings. The minimum atomic E-state index is -0.338. The van der Waals surface area contributed by atoms with Gasteiger partial charge in [0.15, 0.2) is 11.5 Å². The van der Waals surface area contributed by atoms with Crippen LogP contribution in [0.3, 0.4) is 0 Å². The molecule has 1 atom stereocenters. The maximum Gasteiger partial charge on any atom is 0.240 e. The van der Waals surface area contributed by atoms with Crippen LogP contribution in [0.25, 0.3) is 16.9 Å². The molecular formula is C33H35ClN4O5S. The fraction of sp³-hybridized carbons (Fsp3) is 0.303. The number of fused-ring (bicyclic) bond motifs is 1. The van der Waals surface area contributed by atoms with Gasteiger partial charge in [0.25, 0.3) is 0 Å². The second-order valence-corrected chi connectivity index (χ2v) is 12.2. The molecule has 0 saturated carbocycles. The van der Waals surface area contributed by atoms with Gasteiger partial charge in [-0.3, -0.25) is 14.5 Å². The molecule has 0 fully saturated rings. The average Bonchev–Trinajstić information content (AvgIpc) is 3.36. The maximum atomic E-state index is 13.9. The lowest BCUT2D eigenvalue weighted by Crippen LogP contribution is -2.43. The van der Waals surface area contributed by atoms with E-state index in [1.165, 1.54) is 11.8 Å². The average molecular weight is 635 g/mol. The van der Waals surface area contributed by atoms with Gasteiger partial charge in [-0.25, -0.2) is 4.68 Å². The number of ether oxygens (including phenoxy) is 3. The van der Waals surface area contributed by atoms with E-state index in [1.807, 2.05) is 80.6 Å². The largest absolute Gasteiger partial charge is 0.497 e. The molecule has 2 amide bonds. The summed E-state index contributed by atoms with van der Waals surface area (Å²) in [6.45, 7) is 4.40. The standard InChI is InChI=1S/C33H35ClN4O5S/c1-20(2)17-35-28(39)18-37-29(40)19-44-32(22-8-15-26(42-4)27(16-22)43-5)30-31(21-6-9-23(34)10-7-21)36-38(33(30)37)24-11-13-25(41-3)14-12-24/h6-16,20,32H,17-19H2,1-5H3,(H,35,39)/t32-/m0/s1. The van der Waals surface area contributed by atoms with Crippen LogP contribution in [0, 0.1) is 5.92 Å². The van der Waals surface area contributed by atoms with Crippen LogP contribution in [0.5, 0.6) is 17.2 Å². The number of halogens is 1. The molecule has 3 aromatic carbocycles. The number of carbonyl (C=O) groups excluding carboxylic acids is 2. The van der Waals surface area contributed by atoms with E-state index in [4.69, 9.17) is 30.9 Å². The Labute approximate surface area is 266 Å². The first-order valence-electron chi connectivity index (χ1n) is 14.2. The molecule has 230 valence electrons. The van der Waals surface area contributed by atoms with Gasteiger partial charge in [-0.05, 0) is 60.0 Å². The first kappa shape index (κ1) is 31.3. The second-order valence-electron chi connectivity index (χ2n) is 10.7. The van der Waals surface area contributed by atoms with E-state index < -0.39 is 0 Å². The van der Waals surface area contributed by atoms with E-state index >= 15 is 0 Å². The van der Waals surface area contributed by atoms with Gasteiger partial charge in [-0.1, -0.05) is 43.6 Å². The molecular weight excluding hydrogens is 600 g/mol. The number of methoxy groups -OCH3 is 3. The Morgan fingerprint density at radius 3 is 2.34 bits per heavy atom. The van der Waals surface area contributed by atoms with Gasteiger partial charge in [0.05, 0.1) is 43.7 Å². The number of anilines is 1. The van der Waals surface area contributed by atoms with Crippen LogP contribution in [-0.2, 0) is 9.59 Å². The molecule has 11 heteroatoms. The molecule has 5 rings (SSSR count). The van der Waals surface area contributed by atoms with Crippen molar-refractivity contribution in [3.63, 3.8) is 0 Å². The van der Waals surface area contributed by atoms with Gasteiger partial charge in [-0.15, -0.1) is 11.8 Å². The number of hydrogen-bond donors (Lipinski definition) is 1. The van der Waals surface area contributed by atoms with E-state index in [1.54, 1.807) is 30.9 Å². The summed E-state index contributed by atoms with van der Waals surface area (Å²) in [7, 11) is 4.79. The zero-order chi connectivity index (χ0) is 31.4. The van der Waals surface area contributed by atoms with Crippen LogP contribution >= 0.6 is 23.4 Å². The highest BCUT2D eigenvalue weighted by Gasteiger charge is 2.38. The number of hydrogen-bond acceptors (Lipinski definition) is 7. The molecule has 0 aliphatic carbocycles. The van der Waals surface area contributed by atoms with Crippen LogP contribution in [0.15, 0.2) is 66.7 Å². The lowest BCUT2D eigenvalue weighted by atomic mass is 9.99. The van der Waals surface area contributed by atoms with Crippen molar-refractivity contribution in [2.24, 2.45) is 5.92 Å². The predicted octanol–water partition coefficient (Wildman–Crippen LogP) is 6.16. The molecule has 0 saturated heterocycles. The van der Waals surface area contributed by atoms with Crippen LogP contribution in [0.1, 0.15) is 30.2 Å². The monoisotopic (exact) mass is 634 g/mol. The highest BCUT2D eigenvalue weighted by atomic mass is 35.5. The fourth-order valence-electron chi connectivity index (χ4n) is 5.04. The van der Waals surface area contributed by atoms with Crippen LogP contribution < -0.4 is 24.4 Å². The Bertz CT molecular complexity index is 1640. The van der Waals surface area contributed by atoms with Crippen LogP contribution in [0.2, 0.25) is 5.02 Å². The quantitative estimate of drug-likeness (QED) is 0.223. The van der Waals surface area contributed by atoms with Crippen LogP contribution in [0.4, 0.5) is 5.82 Å². The minimum absolute atomic E-state index is 0.147. The summed E-state index contributed by atoms with van der Waals surface area (Å²) in [5.74, 6) is 2.34. The normalized spacial score (nSPS) is 14.7. The van der Waals surface area contributed by atoms with Gasteiger partial charge >= 0.3 is 0 Å². The Morgan fingerprint density at radius 2 is 1.70 bits per heavy atom. The summed E-state index contributed by atoms with van der Waals surface area (Å²) in [6.07, 6.45) is 0. The van der Waals surface area contributed by atoms with Gasteiger partial charge in [0.1, 0.15) is 18.1 Å². The van der Waals surface area contributed by atoms with Crippen molar-refractivity contribution in [3.05, 3.63) is 82.9 Å². The third-order valence-electron chi connectivity index (χ3n) is 7.24. The molecule has 1 aromatic heterocycles. The van der Waals surface area contributed by atoms with Crippen molar-refractivity contribution in [2.45, 2.75) is 19.1 Å².